The molecule has 0 spiro atoms. The van der Waals surface area contributed by atoms with Gasteiger partial charge in [0, 0.05) is 10.4 Å². The van der Waals surface area contributed by atoms with Gasteiger partial charge in [-0.1, -0.05) is 31.6 Å². The summed E-state index contributed by atoms with van der Waals surface area (Å²) in [5.74, 6) is 6.82. The van der Waals surface area contributed by atoms with Gasteiger partial charge in [-0.3, -0.25) is 0 Å². The average Bonchev–Trinajstić information content (AvgIpc) is 2.81. The minimum atomic E-state index is 0.413. The molecule has 2 atom stereocenters. The molecule has 98 valence electrons. The van der Waals surface area contributed by atoms with Crippen molar-refractivity contribution in [2.24, 2.45) is 11.7 Å². The van der Waals surface area contributed by atoms with Gasteiger partial charge in [0.2, 0.25) is 0 Å². The first-order valence-corrected chi connectivity index (χ1v) is 7.54. The zero-order valence-corrected chi connectivity index (χ0v) is 11.8. The van der Waals surface area contributed by atoms with Gasteiger partial charge in [0.15, 0.2) is 0 Å². The molecule has 3 heteroatoms. The third kappa shape index (κ3) is 3.84. The smallest absolute Gasteiger partial charge is 0.0825 e. The molecule has 2 nitrogen and oxygen atoms in total. The molecule has 2 unspecified atom stereocenters. The van der Waals surface area contributed by atoms with E-state index >= 15 is 0 Å². The van der Waals surface area contributed by atoms with Crippen LogP contribution in [0.3, 0.4) is 0 Å². The molecule has 0 bridgehead atoms. The molecule has 1 heterocycles. The highest BCUT2D eigenvalue weighted by molar-refractivity contribution is 7.10. The van der Waals surface area contributed by atoms with Gasteiger partial charge in [-0.05, 0) is 30.2 Å². The lowest BCUT2D eigenvalue weighted by molar-refractivity contribution is 0.00584. The van der Waals surface area contributed by atoms with E-state index in [1.54, 1.807) is 11.3 Å². The van der Waals surface area contributed by atoms with Gasteiger partial charge in [0.05, 0.1) is 19.3 Å². The molecule has 0 radical (unpaired) electrons. The fourth-order valence-electron chi connectivity index (χ4n) is 2.43. The summed E-state index contributed by atoms with van der Waals surface area (Å²) >= 11 is 1.72. The summed E-state index contributed by atoms with van der Waals surface area (Å²) in [5, 5.41) is 2.07. The maximum Gasteiger partial charge on any atom is 0.0825 e. The highest BCUT2D eigenvalue weighted by atomic mass is 32.1. The molecule has 1 aromatic heterocycles. The predicted molar refractivity (Wildman–Crippen MR) is 76.5 cm³/mol. The van der Waals surface area contributed by atoms with Crippen LogP contribution in [-0.4, -0.2) is 12.6 Å². The van der Waals surface area contributed by atoms with Crippen LogP contribution < -0.4 is 5.73 Å². The summed E-state index contributed by atoms with van der Waals surface area (Å²) in [5.41, 5.74) is 6.48. The fraction of sp³-hybridized carbons (Fsp3) is 0.600. The lowest BCUT2D eigenvalue weighted by Crippen LogP contribution is -2.21. The summed E-state index contributed by atoms with van der Waals surface area (Å²) in [6.07, 6.45) is 5.50. The van der Waals surface area contributed by atoms with Crippen LogP contribution >= 0.6 is 11.3 Å². The number of hydrogen-bond donors (Lipinski definition) is 1. The quantitative estimate of drug-likeness (QED) is 0.850. The van der Waals surface area contributed by atoms with E-state index in [0.717, 1.165) is 11.5 Å². The molecule has 2 N–H and O–H groups in total. The van der Waals surface area contributed by atoms with E-state index < -0.39 is 0 Å². The van der Waals surface area contributed by atoms with Crippen molar-refractivity contribution in [3.63, 3.8) is 0 Å². The monoisotopic (exact) mass is 263 g/mol. The van der Waals surface area contributed by atoms with Crippen molar-refractivity contribution in [3.05, 3.63) is 21.9 Å². The molecule has 0 amide bonds. The standard InChI is InChI=1S/C15H21NOS/c1-12-4-2-6-14(10-12)17-11-15-13(5-3-8-16)7-9-18-15/h7,9,12,14H,2,4,6,8,10-11,16H2,1H3. The minimum Gasteiger partial charge on any atom is -0.373 e. The zero-order chi connectivity index (χ0) is 12.8. The molecule has 2 rings (SSSR count). The Balaban J connectivity index is 1.88. The first kappa shape index (κ1) is 13.6. The van der Waals surface area contributed by atoms with E-state index in [0.29, 0.717) is 19.3 Å². The van der Waals surface area contributed by atoms with Crippen LogP contribution in [-0.2, 0) is 11.3 Å². The van der Waals surface area contributed by atoms with Crippen molar-refractivity contribution < 1.29 is 4.74 Å². The second-order valence-corrected chi connectivity index (χ2v) is 5.97. The minimum absolute atomic E-state index is 0.413. The summed E-state index contributed by atoms with van der Waals surface area (Å²) in [4.78, 5) is 1.23. The summed E-state index contributed by atoms with van der Waals surface area (Å²) in [6.45, 7) is 3.43. The van der Waals surface area contributed by atoms with Crippen LogP contribution in [0.25, 0.3) is 0 Å². The SMILES string of the molecule is CC1CCCC(OCc2sccc2C#CCN)C1. The number of thiophene rings is 1. The van der Waals surface area contributed by atoms with Gasteiger partial charge in [0.1, 0.15) is 0 Å². The van der Waals surface area contributed by atoms with Crippen LogP contribution in [0.15, 0.2) is 11.4 Å². The van der Waals surface area contributed by atoms with Crippen LogP contribution in [0.4, 0.5) is 0 Å². The normalized spacial score (nSPS) is 23.4. The van der Waals surface area contributed by atoms with Crippen LogP contribution in [0.2, 0.25) is 0 Å². The number of ether oxygens (including phenoxy) is 1. The number of hydrogen-bond acceptors (Lipinski definition) is 3. The van der Waals surface area contributed by atoms with Crippen molar-refractivity contribution in [2.75, 3.05) is 6.54 Å². The number of rotatable bonds is 3. The Hall–Kier alpha value is -0.820. The highest BCUT2D eigenvalue weighted by Gasteiger charge is 2.19. The Kier molecular flexibility index (Phi) is 5.25. The molecule has 1 fully saturated rings. The van der Waals surface area contributed by atoms with Gasteiger partial charge < -0.3 is 10.5 Å². The molecule has 1 saturated carbocycles. The average molecular weight is 263 g/mol. The second kappa shape index (κ2) is 6.94. The molecular formula is C15H21NOS. The van der Waals surface area contributed by atoms with Crippen molar-refractivity contribution in [1.29, 1.82) is 0 Å². The molecular weight excluding hydrogens is 242 g/mol. The molecule has 1 aliphatic rings. The van der Waals surface area contributed by atoms with Crippen molar-refractivity contribution in [1.82, 2.24) is 0 Å². The molecule has 0 saturated heterocycles. The predicted octanol–water partition coefficient (Wildman–Crippen LogP) is 3.15. The maximum absolute atomic E-state index is 6.03. The van der Waals surface area contributed by atoms with Gasteiger partial charge in [-0.25, -0.2) is 0 Å². The molecule has 0 aromatic carbocycles. The van der Waals surface area contributed by atoms with Crippen LogP contribution in [0.5, 0.6) is 0 Å². The third-order valence-corrected chi connectivity index (χ3v) is 4.30. The highest BCUT2D eigenvalue weighted by Crippen LogP contribution is 2.27. The lowest BCUT2D eigenvalue weighted by Gasteiger charge is -2.26. The van der Waals surface area contributed by atoms with Gasteiger partial charge in [-0.15, -0.1) is 11.3 Å². The maximum atomic E-state index is 6.03. The van der Waals surface area contributed by atoms with E-state index in [9.17, 15) is 0 Å². The zero-order valence-electron chi connectivity index (χ0n) is 10.9. The molecule has 18 heavy (non-hydrogen) atoms. The van der Waals surface area contributed by atoms with Gasteiger partial charge in [-0.2, -0.15) is 0 Å². The van der Waals surface area contributed by atoms with Crippen molar-refractivity contribution in [3.8, 4) is 11.8 Å². The van der Waals surface area contributed by atoms with Crippen LogP contribution in [0, 0.1) is 17.8 Å². The lowest BCUT2D eigenvalue weighted by atomic mass is 9.89. The summed E-state index contributed by atoms with van der Waals surface area (Å²) < 4.78 is 6.03. The Morgan fingerprint density at radius 1 is 1.50 bits per heavy atom. The third-order valence-electron chi connectivity index (χ3n) is 3.41. The van der Waals surface area contributed by atoms with E-state index in [1.165, 1.54) is 30.6 Å². The van der Waals surface area contributed by atoms with E-state index in [2.05, 4.69) is 30.2 Å². The Morgan fingerprint density at radius 3 is 3.17 bits per heavy atom. The van der Waals surface area contributed by atoms with Gasteiger partial charge >= 0.3 is 0 Å². The van der Waals surface area contributed by atoms with E-state index in [-0.39, 0.29) is 0 Å². The second-order valence-electron chi connectivity index (χ2n) is 4.97. The fourth-order valence-corrected chi connectivity index (χ4v) is 3.18. The summed E-state index contributed by atoms with van der Waals surface area (Å²) in [6, 6.07) is 2.05. The van der Waals surface area contributed by atoms with Crippen LogP contribution in [0.1, 0.15) is 43.0 Å². The Morgan fingerprint density at radius 2 is 2.39 bits per heavy atom. The van der Waals surface area contributed by atoms with Gasteiger partial charge in [0.25, 0.3) is 0 Å². The van der Waals surface area contributed by atoms with Crippen molar-refractivity contribution in [2.45, 2.75) is 45.3 Å². The Labute approximate surface area is 114 Å². The first-order chi connectivity index (χ1) is 8.79. The Bertz CT molecular complexity index is 429. The van der Waals surface area contributed by atoms with E-state index in [4.69, 9.17) is 10.5 Å². The molecule has 1 aromatic rings. The first-order valence-electron chi connectivity index (χ1n) is 6.66. The molecule has 1 aliphatic carbocycles. The molecule has 0 aliphatic heterocycles. The summed E-state index contributed by atoms with van der Waals surface area (Å²) in [7, 11) is 0. The topological polar surface area (TPSA) is 35.2 Å². The van der Waals surface area contributed by atoms with E-state index in [1.807, 2.05) is 0 Å². The van der Waals surface area contributed by atoms with Crippen molar-refractivity contribution >= 4 is 11.3 Å². The number of nitrogens with two attached hydrogens (primary N) is 1. The largest absolute Gasteiger partial charge is 0.373 e.